The molecule has 0 bridgehead atoms. The SMILES string of the molecule is CC(C)[C@H](C(=O)NCc1ccc(F)cc1)c1ccc(Cl)cc1. The maximum atomic E-state index is 12.9. The summed E-state index contributed by atoms with van der Waals surface area (Å²) in [5.41, 5.74) is 1.81. The molecule has 4 heteroatoms. The van der Waals surface area contributed by atoms with Crippen LogP contribution in [0.3, 0.4) is 0 Å². The molecule has 0 radical (unpaired) electrons. The molecule has 0 unspecified atom stereocenters. The van der Waals surface area contributed by atoms with E-state index in [9.17, 15) is 9.18 Å². The van der Waals surface area contributed by atoms with Crippen molar-refractivity contribution < 1.29 is 9.18 Å². The van der Waals surface area contributed by atoms with Crippen LogP contribution >= 0.6 is 11.6 Å². The summed E-state index contributed by atoms with van der Waals surface area (Å²) in [6.45, 7) is 4.41. The molecule has 0 saturated heterocycles. The molecular formula is C18H19ClFNO. The molecule has 2 aromatic rings. The Morgan fingerprint density at radius 3 is 2.23 bits per heavy atom. The number of hydrogen-bond donors (Lipinski definition) is 1. The summed E-state index contributed by atoms with van der Waals surface area (Å²) >= 11 is 5.90. The van der Waals surface area contributed by atoms with Crippen molar-refractivity contribution in [3.05, 3.63) is 70.5 Å². The number of rotatable bonds is 5. The molecule has 0 heterocycles. The summed E-state index contributed by atoms with van der Waals surface area (Å²) in [5, 5.41) is 3.57. The fraction of sp³-hybridized carbons (Fsp3) is 0.278. The van der Waals surface area contributed by atoms with Crippen molar-refractivity contribution >= 4 is 17.5 Å². The van der Waals surface area contributed by atoms with Gasteiger partial charge in [0, 0.05) is 11.6 Å². The van der Waals surface area contributed by atoms with Gasteiger partial charge in [-0.05, 0) is 41.3 Å². The first-order valence-electron chi connectivity index (χ1n) is 7.25. The number of amides is 1. The second-order valence-electron chi connectivity index (χ2n) is 5.62. The Morgan fingerprint density at radius 2 is 1.68 bits per heavy atom. The number of benzene rings is 2. The van der Waals surface area contributed by atoms with Gasteiger partial charge in [-0.15, -0.1) is 0 Å². The minimum atomic E-state index is -0.281. The van der Waals surface area contributed by atoms with E-state index < -0.39 is 0 Å². The summed E-state index contributed by atoms with van der Waals surface area (Å²) in [4.78, 5) is 12.5. The number of nitrogens with one attached hydrogen (secondary N) is 1. The Hall–Kier alpha value is -1.87. The van der Waals surface area contributed by atoms with Gasteiger partial charge in [-0.25, -0.2) is 4.39 Å². The Labute approximate surface area is 135 Å². The van der Waals surface area contributed by atoms with Crippen LogP contribution in [0.25, 0.3) is 0 Å². The molecule has 22 heavy (non-hydrogen) atoms. The van der Waals surface area contributed by atoms with Crippen molar-refractivity contribution in [2.24, 2.45) is 5.92 Å². The Bertz CT molecular complexity index is 623. The maximum Gasteiger partial charge on any atom is 0.228 e. The lowest BCUT2D eigenvalue weighted by Crippen LogP contribution is -2.31. The average Bonchev–Trinajstić information content (AvgIpc) is 2.48. The standard InChI is InChI=1S/C18H19ClFNO/c1-12(2)17(14-5-7-15(19)8-6-14)18(22)21-11-13-3-9-16(20)10-4-13/h3-10,12,17H,11H2,1-2H3,(H,21,22)/t17-/m0/s1. The normalized spacial score (nSPS) is 12.2. The van der Waals surface area contributed by atoms with Gasteiger partial charge in [0.1, 0.15) is 5.82 Å². The first-order chi connectivity index (χ1) is 10.5. The number of carbonyl (C=O) groups excluding carboxylic acids is 1. The molecule has 0 aromatic heterocycles. The van der Waals surface area contributed by atoms with Crippen molar-refractivity contribution in [1.29, 1.82) is 0 Å². The van der Waals surface area contributed by atoms with Crippen LogP contribution in [0.15, 0.2) is 48.5 Å². The van der Waals surface area contributed by atoms with Crippen LogP contribution in [-0.4, -0.2) is 5.91 Å². The molecule has 0 aliphatic carbocycles. The zero-order valence-corrected chi connectivity index (χ0v) is 13.4. The molecule has 1 amide bonds. The molecule has 0 aliphatic heterocycles. The van der Waals surface area contributed by atoms with Gasteiger partial charge in [0.25, 0.3) is 0 Å². The smallest absolute Gasteiger partial charge is 0.228 e. The van der Waals surface area contributed by atoms with Crippen molar-refractivity contribution in [3.8, 4) is 0 Å². The zero-order chi connectivity index (χ0) is 16.1. The third kappa shape index (κ3) is 4.31. The van der Waals surface area contributed by atoms with Crippen molar-refractivity contribution in [2.75, 3.05) is 0 Å². The Kier molecular flexibility index (Phi) is 5.56. The van der Waals surface area contributed by atoms with Gasteiger partial charge in [-0.1, -0.05) is 49.7 Å². The molecule has 2 aromatic carbocycles. The van der Waals surface area contributed by atoms with Gasteiger partial charge in [-0.2, -0.15) is 0 Å². The van der Waals surface area contributed by atoms with E-state index in [0.717, 1.165) is 11.1 Å². The monoisotopic (exact) mass is 319 g/mol. The van der Waals surface area contributed by atoms with E-state index in [1.807, 2.05) is 26.0 Å². The van der Waals surface area contributed by atoms with Gasteiger partial charge >= 0.3 is 0 Å². The predicted molar refractivity (Wildman–Crippen MR) is 87.3 cm³/mol. The van der Waals surface area contributed by atoms with Crippen LogP contribution in [0, 0.1) is 11.7 Å². The third-order valence-corrected chi connectivity index (χ3v) is 3.81. The lowest BCUT2D eigenvalue weighted by atomic mass is 9.87. The number of halogens is 2. The van der Waals surface area contributed by atoms with Crippen molar-refractivity contribution in [3.63, 3.8) is 0 Å². The molecule has 116 valence electrons. The average molecular weight is 320 g/mol. The van der Waals surface area contributed by atoms with E-state index in [0.29, 0.717) is 11.6 Å². The van der Waals surface area contributed by atoms with Crippen LogP contribution < -0.4 is 5.32 Å². The largest absolute Gasteiger partial charge is 0.351 e. The first kappa shape index (κ1) is 16.5. The molecule has 0 spiro atoms. The summed E-state index contributed by atoms with van der Waals surface area (Å²) in [6.07, 6.45) is 0. The van der Waals surface area contributed by atoms with Crippen LogP contribution in [0.5, 0.6) is 0 Å². The van der Waals surface area contributed by atoms with E-state index in [1.54, 1.807) is 24.3 Å². The van der Waals surface area contributed by atoms with Crippen LogP contribution in [0.1, 0.15) is 30.9 Å². The van der Waals surface area contributed by atoms with E-state index in [-0.39, 0.29) is 23.6 Å². The lowest BCUT2D eigenvalue weighted by Gasteiger charge is -2.21. The molecule has 0 saturated carbocycles. The molecule has 1 N–H and O–H groups in total. The zero-order valence-electron chi connectivity index (χ0n) is 12.6. The maximum absolute atomic E-state index is 12.9. The van der Waals surface area contributed by atoms with Gasteiger partial charge < -0.3 is 5.32 Å². The molecule has 2 rings (SSSR count). The van der Waals surface area contributed by atoms with Gasteiger partial charge in [0.05, 0.1) is 5.92 Å². The minimum absolute atomic E-state index is 0.0401. The van der Waals surface area contributed by atoms with Gasteiger partial charge in [-0.3, -0.25) is 4.79 Å². The Balaban J connectivity index is 2.06. The highest BCUT2D eigenvalue weighted by Crippen LogP contribution is 2.26. The molecule has 0 fully saturated rings. The highest BCUT2D eigenvalue weighted by molar-refractivity contribution is 6.30. The van der Waals surface area contributed by atoms with Crippen molar-refractivity contribution in [2.45, 2.75) is 26.3 Å². The third-order valence-electron chi connectivity index (χ3n) is 3.56. The van der Waals surface area contributed by atoms with Crippen molar-refractivity contribution in [1.82, 2.24) is 5.32 Å². The van der Waals surface area contributed by atoms with E-state index in [1.165, 1.54) is 12.1 Å². The summed E-state index contributed by atoms with van der Waals surface area (Å²) in [5.74, 6) is -0.398. The second-order valence-corrected chi connectivity index (χ2v) is 6.05. The number of hydrogen-bond acceptors (Lipinski definition) is 1. The van der Waals surface area contributed by atoms with E-state index in [4.69, 9.17) is 11.6 Å². The number of carbonyl (C=O) groups is 1. The summed E-state index contributed by atoms with van der Waals surface area (Å²) < 4.78 is 12.9. The van der Waals surface area contributed by atoms with Gasteiger partial charge in [0.15, 0.2) is 0 Å². The first-order valence-corrected chi connectivity index (χ1v) is 7.63. The quantitative estimate of drug-likeness (QED) is 0.861. The van der Waals surface area contributed by atoms with Crippen LogP contribution in [-0.2, 0) is 11.3 Å². The van der Waals surface area contributed by atoms with E-state index >= 15 is 0 Å². The fourth-order valence-corrected chi connectivity index (χ4v) is 2.54. The van der Waals surface area contributed by atoms with E-state index in [2.05, 4.69) is 5.32 Å². The highest BCUT2D eigenvalue weighted by Gasteiger charge is 2.23. The minimum Gasteiger partial charge on any atom is -0.351 e. The Morgan fingerprint density at radius 1 is 1.09 bits per heavy atom. The van der Waals surface area contributed by atoms with Crippen LogP contribution in [0.4, 0.5) is 4.39 Å². The highest BCUT2D eigenvalue weighted by atomic mass is 35.5. The molecular weight excluding hydrogens is 301 g/mol. The summed E-state index contributed by atoms with van der Waals surface area (Å²) in [6, 6.07) is 13.5. The fourth-order valence-electron chi connectivity index (χ4n) is 2.41. The summed E-state index contributed by atoms with van der Waals surface area (Å²) in [7, 11) is 0. The lowest BCUT2D eigenvalue weighted by molar-refractivity contribution is -0.123. The molecule has 2 nitrogen and oxygen atoms in total. The second kappa shape index (κ2) is 7.41. The van der Waals surface area contributed by atoms with Gasteiger partial charge in [0.2, 0.25) is 5.91 Å². The topological polar surface area (TPSA) is 29.1 Å². The van der Waals surface area contributed by atoms with Crippen LogP contribution in [0.2, 0.25) is 5.02 Å². The predicted octanol–water partition coefficient (Wildman–Crippen LogP) is 4.54. The molecule has 0 aliphatic rings. The molecule has 1 atom stereocenters.